The first kappa shape index (κ1) is 18.0. The first-order valence-corrected chi connectivity index (χ1v) is 8.84. The van der Waals surface area contributed by atoms with E-state index in [2.05, 4.69) is 10.5 Å². The molecule has 8 nitrogen and oxygen atoms in total. The van der Waals surface area contributed by atoms with Crippen molar-refractivity contribution in [2.75, 3.05) is 18.4 Å². The van der Waals surface area contributed by atoms with Crippen molar-refractivity contribution < 1.29 is 19.2 Å². The van der Waals surface area contributed by atoms with Crippen LogP contribution < -0.4 is 11.1 Å². The number of nitrogens with two attached hydrogens (primary N) is 1. The molecule has 0 spiro atoms. The average molecular weight is 360 g/mol. The molecule has 2 amide bonds. The third-order valence-electron chi connectivity index (χ3n) is 4.95. The van der Waals surface area contributed by atoms with Crippen LogP contribution in [-0.2, 0) is 11.2 Å². The fourth-order valence-electron chi connectivity index (χ4n) is 3.62. The molecule has 2 heterocycles. The quantitative estimate of drug-likeness (QED) is 0.727. The van der Waals surface area contributed by atoms with Gasteiger partial charge in [-0.15, -0.1) is 0 Å². The molecule has 0 bridgehead atoms. The SMILES string of the molecule is C[C@H]1CC(Cc2ccc3onc(NCCC(N)=O)c3c2)CCN1C(=O)O. The number of hydrogen-bond donors (Lipinski definition) is 3. The smallest absolute Gasteiger partial charge is 0.407 e. The Kier molecular flexibility index (Phi) is 5.29. The molecule has 3 rings (SSSR count). The maximum absolute atomic E-state index is 11.2. The van der Waals surface area contributed by atoms with Gasteiger partial charge in [0.15, 0.2) is 11.4 Å². The van der Waals surface area contributed by atoms with Crippen LogP contribution in [0.3, 0.4) is 0 Å². The van der Waals surface area contributed by atoms with Gasteiger partial charge in [0.1, 0.15) is 0 Å². The summed E-state index contributed by atoms with van der Waals surface area (Å²) in [5, 5.41) is 17.2. The summed E-state index contributed by atoms with van der Waals surface area (Å²) < 4.78 is 5.31. The molecule has 0 radical (unpaired) electrons. The molecule has 1 aliphatic heterocycles. The van der Waals surface area contributed by atoms with Crippen molar-refractivity contribution in [2.24, 2.45) is 11.7 Å². The molecular weight excluding hydrogens is 336 g/mol. The van der Waals surface area contributed by atoms with Crippen molar-refractivity contribution >= 4 is 28.8 Å². The van der Waals surface area contributed by atoms with Gasteiger partial charge in [-0.3, -0.25) is 4.79 Å². The Bertz CT molecular complexity index is 804. The number of primary amides is 1. The minimum Gasteiger partial charge on any atom is -0.465 e. The molecule has 1 saturated heterocycles. The zero-order valence-electron chi connectivity index (χ0n) is 14.8. The van der Waals surface area contributed by atoms with E-state index in [1.54, 1.807) is 0 Å². The monoisotopic (exact) mass is 360 g/mol. The maximum Gasteiger partial charge on any atom is 0.407 e. The third kappa shape index (κ3) is 4.07. The molecule has 1 unspecified atom stereocenters. The summed E-state index contributed by atoms with van der Waals surface area (Å²) >= 11 is 0. The fraction of sp³-hybridized carbons (Fsp3) is 0.500. The summed E-state index contributed by atoms with van der Waals surface area (Å²) in [6, 6.07) is 6.01. The van der Waals surface area contributed by atoms with Gasteiger partial charge in [0, 0.05) is 25.6 Å². The number of benzene rings is 1. The number of likely N-dealkylation sites (tertiary alicyclic amines) is 1. The topological polar surface area (TPSA) is 122 Å². The number of carboxylic acid groups (broad SMARTS) is 1. The highest BCUT2D eigenvalue weighted by Gasteiger charge is 2.28. The van der Waals surface area contributed by atoms with Crippen molar-refractivity contribution in [1.29, 1.82) is 0 Å². The van der Waals surface area contributed by atoms with E-state index in [1.807, 2.05) is 25.1 Å². The van der Waals surface area contributed by atoms with E-state index < -0.39 is 6.09 Å². The Balaban J connectivity index is 1.67. The fourth-order valence-corrected chi connectivity index (χ4v) is 3.62. The van der Waals surface area contributed by atoms with Gasteiger partial charge in [0.05, 0.1) is 5.39 Å². The van der Waals surface area contributed by atoms with Gasteiger partial charge >= 0.3 is 6.09 Å². The van der Waals surface area contributed by atoms with Gasteiger partial charge in [-0.25, -0.2) is 4.79 Å². The van der Waals surface area contributed by atoms with Crippen LogP contribution in [0, 0.1) is 5.92 Å². The maximum atomic E-state index is 11.2. The molecule has 140 valence electrons. The largest absolute Gasteiger partial charge is 0.465 e. The van der Waals surface area contributed by atoms with Crippen molar-refractivity contribution in [1.82, 2.24) is 10.1 Å². The summed E-state index contributed by atoms with van der Waals surface area (Å²) in [5.74, 6) is 0.689. The second-order valence-electron chi connectivity index (χ2n) is 6.92. The van der Waals surface area contributed by atoms with E-state index >= 15 is 0 Å². The Labute approximate surface area is 151 Å². The molecule has 8 heteroatoms. The number of hydrogen-bond acceptors (Lipinski definition) is 5. The summed E-state index contributed by atoms with van der Waals surface area (Å²) in [4.78, 5) is 23.6. The van der Waals surface area contributed by atoms with E-state index in [0.717, 1.165) is 24.6 Å². The lowest BCUT2D eigenvalue weighted by Crippen LogP contribution is -2.44. The van der Waals surface area contributed by atoms with Gasteiger partial charge in [0.2, 0.25) is 5.91 Å². The highest BCUT2D eigenvalue weighted by atomic mass is 16.5. The summed E-state index contributed by atoms with van der Waals surface area (Å²) in [7, 11) is 0. The Morgan fingerprint density at radius 2 is 2.27 bits per heavy atom. The van der Waals surface area contributed by atoms with Gasteiger partial charge in [-0.05, 0) is 49.8 Å². The summed E-state index contributed by atoms with van der Waals surface area (Å²) in [5.41, 5.74) is 7.00. The molecule has 1 aliphatic rings. The molecule has 0 saturated carbocycles. The predicted octanol–water partition coefficient (Wildman–Crippen LogP) is 2.44. The lowest BCUT2D eigenvalue weighted by atomic mass is 9.86. The standard InChI is InChI=1S/C18H24N4O4/c1-11-8-13(5-7-22(11)18(24)25)9-12-2-3-15-14(10-12)17(21-26-15)20-6-4-16(19)23/h2-3,10-11,13H,4-9H2,1H3,(H2,19,23)(H,20,21)(H,24,25)/t11-,13?/m0/s1. The van der Waals surface area contributed by atoms with Gasteiger partial charge < -0.3 is 25.6 Å². The highest BCUT2D eigenvalue weighted by Crippen LogP contribution is 2.29. The number of rotatable bonds is 6. The predicted molar refractivity (Wildman–Crippen MR) is 96.9 cm³/mol. The summed E-state index contributed by atoms with van der Waals surface area (Å²) in [6.45, 7) is 2.95. The van der Waals surface area contributed by atoms with Crippen molar-refractivity contribution in [3.8, 4) is 0 Å². The molecule has 2 atom stereocenters. The van der Waals surface area contributed by atoms with Gasteiger partial charge in [0.25, 0.3) is 0 Å². The molecule has 26 heavy (non-hydrogen) atoms. The minimum atomic E-state index is -0.839. The van der Waals surface area contributed by atoms with Crippen LogP contribution in [0.5, 0.6) is 0 Å². The Morgan fingerprint density at radius 3 is 2.96 bits per heavy atom. The number of piperidine rings is 1. The second-order valence-corrected chi connectivity index (χ2v) is 6.92. The Hall–Kier alpha value is -2.77. The number of fused-ring (bicyclic) bond motifs is 1. The van der Waals surface area contributed by atoms with Crippen LogP contribution >= 0.6 is 0 Å². The van der Waals surface area contributed by atoms with Crippen LogP contribution in [-0.4, -0.2) is 46.3 Å². The first-order valence-electron chi connectivity index (χ1n) is 8.84. The number of nitrogens with zero attached hydrogens (tertiary/aromatic N) is 2. The third-order valence-corrected chi connectivity index (χ3v) is 4.95. The van der Waals surface area contributed by atoms with Crippen LogP contribution in [0.2, 0.25) is 0 Å². The highest BCUT2D eigenvalue weighted by molar-refractivity contribution is 5.88. The zero-order chi connectivity index (χ0) is 18.7. The normalized spacial score (nSPS) is 20.3. The van der Waals surface area contributed by atoms with Crippen LogP contribution in [0.15, 0.2) is 22.7 Å². The van der Waals surface area contributed by atoms with E-state index in [9.17, 15) is 14.7 Å². The number of carbonyl (C=O) groups excluding carboxylic acids is 1. The van der Waals surface area contributed by atoms with Crippen LogP contribution in [0.4, 0.5) is 10.6 Å². The van der Waals surface area contributed by atoms with Crippen LogP contribution in [0.1, 0.15) is 31.7 Å². The zero-order valence-corrected chi connectivity index (χ0v) is 14.8. The van der Waals surface area contributed by atoms with Crippen molar-refractivity contribution in [2.45, 2.75) is 38.6 Å². The number of carbonyl (C=O) groups is 2. The van der Waals surface area contributed by atoms with E-state index in [-0.39, 0.29) is 18.4 Å². The molecule has 4 N–H and O–H groups in total. The molecule has 0 aliphatic carbocycles. The molecule has 1 aromatic carbocycles. The van der Waals surface area contributed by atoms with Gasteiger partial charge in [-0.2, -0.15) is 0 Å². The van der Waals surface area contributed by atoms with Crippen LogP contribution in [0.25, 0.3) is 11.0 Å². The number of aromatic nitrogens is 1. The van der Waals surface area contributed by atoms with Gasteiger partial charge in [-0.1, -0.05) is 11.2 Å². The summed E-state index contributed by atoms with van der Waals surface area (Å²) in [6.07, 6.45) is 2.00. The van der Waals surface area contributed by atoms with E-state index in [4.69, 9.17) is 10.3 Å². The number of amides is 2. The van der Waals surface area contributed by atoms with Crippen molar-refractivity contribution in [3.05, 3.63) is 23.8 Å². The lowest BCUT2D eigenvalue weighted by Gasteiger charge is -2.35. The second kappa shape index (κ2) is 7.63. The molecular formula is C18H24N4O4. The van der Waals surface area contributed by atoms with E-state index in [1.165, 1.54) is 10.5 Å². The molecule has 1 fully saturated rings. The number of anilines is 1. The number of nitrogens with one attached hydrogen (secondary N) is 1. The average Bonchev–Trinajstić information content (AvgIpc) is 2.97. The molecule has 1 aromatic heterocycles. The first-order chi connectivity index (χ1) is 12.4. The lowest BCUT2D eigenvalue weighted by molar-refractivity contribution is -0.117. The Morgan fingerprint density at radius 1 is 1.46 bits per heavy atom. The minimum absolute atomic E-state index is 0.0385. The van der Waals surface area contributed by atoms with E-state index in [0.29, 0.717) is 30.4 Å². The molecule has 2 aromatic rings. The van der Waals surface area contributed by atoms with Crippen molar-refractivity contribution in [3.63, 3.8) is 0 Å².